The van der Waals surface area contributed by atoms with E-state index < -0.39 is 0 Å². The van der Waals surface area contributed by atoms with Crippen LogP contribution in [0.5, 0.6) is 0 Å². The molecule has 0 fully saturated rings. The molecule has 2 aromatic rings. The molecule has 0 bridgehead atoms. The maximum absolute atomic E-state index is 6.27. The summed E-state index contributed by atoms with van der Waals surface area (Å²) in [5.74, 6) is 0. The summed E-state index contributed by atoms with van der Waals surface area (Å²) in [6.45, 7) is 2.62. The van der Waals surface area contributed by atoms with Gasteiger partial charge in [-0.3, -0.25) is 4.98 Å². The van der Waals surface area contributed by atoms with Gasteiger partial charge < -0.3 is 10.5 Å². The van der Waals surface area contributed by atoms with E-state index in [0.29, 0.717) is 11.6 Å². The molecule has 0 aliphatic heterocycles. The number of aromatic nitrogens is 1. The third-order valence-corrected chi connectivity index (χ3v) is 3.80. The number of nitrogens with zero attached hydrogens (tertiary/aromatic N) is 1. The molecule has 112 valence electrons. The number of hydrogen-bond donors (Lipinski definition) is 1. The van der Waals surface area contributed by atoms with E-state index in [1.807, 2.05) is 42.5 Å². The standard InChI is InChI=1S/C17H21ClN2O/c1-2-16(19)17(14-8-3-4-9-15(14)18)21-12-10-13-7-5-6-11-20-13/h3-9,11,16-17H,2,10,12,19H2,1H3. The molecule has 21 heavy (non-hydrogen) atoms. The summed E-state index contributed by atoms with van der Waals surface area (Å²) in [6, 6.07) is 13.5. The van der Waals surface area contributed by atoms with Gasteiger partial charge in [0.25, 0.3) is 0 Å². The topological polar surface area (TPSA) is 48.1 Å². The Morgan fingerprint density at radius 1 is 1.19 bits per heavy atom. The van der Waals surface area contributed by atoms with E-state index in [1.165, 1.54) is 0 Å². The van der Waals surface area contributed by atoms with Crippen molar-refractivity contribution < 1.29 is 4.74 Å². The van der Waals surface area contributed by atoms with Crippen LogP contribution in [-0.2, 0) is 11.2 Å². The van der Waals surface area contributed by atoms with Crippen LogP contribution < -0.4 is 5.73 Å². The molecule has 0 aliphatic rings. The monoisotopic (exact) mass is 304 g/mol. The normalized spacial score (nSPS) is 13.9. The van der Waals surface area contributed by atoms with Crippen molar-refractivity contribution in [2.75, 3.05) is 6.61 Å². The fraction of sp³-hybridized carbons (Fsp3) is 0.353. The molecule has 1 aromatic carbocycles. The lowest BCUT2D eigenvalue weighted by Gasteiger charge is -2.24. The molecule has 2 rings (SSSR count). The van der Waals surface area contributed by atoms with Gasteiger partial charge in [0.05, 0.1) is 12.7 Å². The second-order valence-electron chi connectivity index (χ2n) is 4.96. The van der Waals surface area contributed by atoms with Crippen LogP contribution in [0.3, 0.4) is 0 Å². The van der Waals surface area contributed by atoms with Gasteiger partial charge in [-0.15, -0.1) is 0 Å². The minimum atomic E-state index is -0.188. The van der Waals surface area contributed by atoms with Crippen LogP contribution in [0, 0.1) is 0 Å². The summed E-state index contributed by atoms with van der Waals surface area (Å²) in [4.78, 5) is 4.29. The van der Waals surface area contributed by atoms with Crippen molar-refractivity contribution in [2.24, 2.45) is 5.73 Å². The molecule has 0 radical (unpaired) electrons. The first-order valence-electron chi connectivity index (χ1n) is 7.24. The number of pyridine rings is 1. The van der Waals surface area contributed by atoms with E-state index >= 15 is 0 Å². The van der Waals surface area contributed by atoms with Crippen LogP contribution in [-0.4, -0.2) is 17.6 Å². The lowest BCUT2D eigenvalue weighted by Crippen LogP contribution is -2.30. The van der Waals surface area contributed by atoms with Crippen molar-refractivity contribution >= 4 is 11.6 Å². The Balaban J connectivity index is 2.02. The van der Waals surface area contributed by atoms with Gasteiger partial charge in [-0.1, -0.05) is 42.8 Å². The zero-order valence-corrected chi connectivity index (χ0v) is 13.0. The van der Waals surface area contributed by atoms with Crippen LogP contribution in [0.25, 0.3) is 0 Å². The van der Waals surface area contributed by atoms with Crippen molar-refractivity contribution in [3.05, 3.63) is 64.9 Å². The first kappa shape index (κ1) is 16.0. The van der Waals surface area contributed by atoms with Crippen LogP contribution in [0.4, 0.5) is 0 Å². The molecule has 2 N–H and O–H groups in total. The van der Waals surface area contributed by atoms with Gasteiger partial charge >= 0.3 is 0 Å². The van der Waals surface area contributed by atoms with Crippen LogP contribution in [0.1, 0.15) is 30.7 Å². The first-order valence-corrected chi connectivity index (χ1v) is 7.61. The Labute approximate surface area is 131 Å². The molecule has 0 aliphatic carbocycles. The third kappa shape index (κ3) is 4.53. The van der Waals surface area contributed by atoms with Crippen LogP contribution in [0.15, 0.2) is 48.7 Å². The molecule has 0 saturated carbocycles. The fourth-order valence-corrected chi connectivity index (χ4v) is 2.44. The van der Waals surface area contributed by atoms with Crippen molar-refractivity contribution in [3.63, 3.8) is 0 Å². The fourth-order valence-electron chi connectivity index (χ4n) is 2.20. The maximum atomic E-state index is 6.27. The predicted octanol–water partition coefficient (Wildman–Crippen LogP) is 3.77. The highest BCUT2D eigenvalue weighted by molar-refractivity contribution is 6.31. The number of nitrogens with two attached hydrogens (primary N) is 1. The highest BCUT2D eigenvalue weighted by Gasteiger charge is 2.21. The van der Waals surface area contributed by atoms with Gasteiger partial charge in [0, 0.05) is 34.9 Å². The van der Waals surface area contributed by atoms with E-state index in [2.05, 4.69) is 11.9 Å². The van der Waals surface area contributed by atoms with E-state index in [-0.39, 0.29) is 12.1 Å². The highest BCUT2D eigenvalue weighted by Crippen LogP contribution is 2.28. The quantitative estimate of drug-likeness (QED) is 0.847. The maximum Gasteiger partial charge on any atom is 0.0990 e. The van der Waals surface area contributed by atoms with Gasteiger partial charge in [-0.25, -0.2) is 0 Å². The lowest BCUT2D eigenvalue weighted by atomic mass is 10.0. The van der Waals surface area contributed by atoms with Crippen molar-refractivity contribution in [1.82, 2.24) is 4.98 Å². The molecule has 1 heterocycles. The van der Waals surface area contributed by atoms with Crippen LogP contribution in [0.2, 0.25) is 5.02 Å². The molecule has 1 aromatic heterocycles. The first-order chi connectivity index (χ1) is 10.2. The zero-order valence-electron chi connectivity index (χ0n) is 12.2. The van der Waals surface area contributed by atoms with E-state index in [0.717, 1.165) is 24.1 Å². The summed E-state index contributed by atoms with van der Waals surface area (Å²) in [5, 5.41) is 0.698. The molecule has 0 spiro atoms. The second kappa shape index (κ2) is 8.13. The number of rotatable bonds is 7. The highest BCUT2D eigenvalue weighted by atomic mass is 35.5. The van der Waals surface area contributed by atoms with Crippen molar-refractivity contribution in [3.8, 4) is 0 Å². The SMILES string of the molecule is CCC(N)C(OCCc1ccccn1)c1ccccc1Cl. The Morgan fingerprint density at radius 2 is 1.95 bits per heavy atom. The largest absolute Gasteiger partial charge is 0.371 e. The second-order valence-corrected chi connectivity index (χ2v) is 5.36. The minimum Gasteiger partial charge on any atom is -0.371 e. The summed E-state index contributed by atoms with van der Waals surface area (Å²) in [5.41, 5.74) is 8.17. The lowest BCUT2D eigenvalue weighted by molar-refractivity contribution is 0.0351. The number of ether oxygens (including phenoxy) is 1. The Morgan fingerprint density at radius 3 is 2.62 bits per heavy atom. The number of benzene rings is 1. The molecule has 0 amide bonds. The summed E-state index contributed by atoms with van der Waals surface area (Å²) >= 11 is 6.27. The molecule has 3 nitrogen and oxygen atoms in total. The Bertz CT molecular complexity index is 547. The zero-order chi connectivity index (χ0) is 15.1. The van der Waals surface area contributed by atoms with E-state index in [4.69, 9.17) is 22.1 Å². The molecule has 0 saturated heterocycles. The smallest absolute Gasteiger partial charge is 0.0990 e. The molecule has 2 atom stereocenters. The number of halogens is 1. The average molecular weight is 305 g/mol. The summed E-state index contributed by atoms with van der Waals surface area (Å²) < 4.78 is 6.02. The average Bonchev–Trinajstić information content (AvgIpc) is 2.53. The third-order valence-electron chi connectivity index (χ3n) is 3.45. The Hall–Kier alpha value is -1.42. The van der Waals surface area contributed by atoms with Gasteiger partial charge in [0.1, 0.15) is 0 Å². The Kier molecular flexibility index (Phi) is 6.18. The number of hydrogen-bond acceptors (Lipinski definition) is 3. The minimum absolute atomic E-state index is 0.0753. The van der Waals surface area contributed by atoms with Gasteiger partial charge in [0.2, 0.25) is 0 Å². The molecule has 4 heteroatoms. The van der Waals surface area contributed by atoms with E-state index in [1.54, 1.807) is 6.20 Å². The van der Waals surface area contributed by atoms with Crippen LogP contribution >= 0.6 is 11.6 Å². The molecular weight excluding hydrogens is 284 g/mol. The van der Waals surface area contributed by atoms with Gasteiger partial charge in [0.15, 0.2) is 0 Å². The van der Waals surface area contributed by atoms with Crippen molar-refractivity contribution in [2.45, 2.75) is 31.9 Å². The van der Waals surface area contributed by atoms with E-state index in [9.17, 15) is 0 Å². The van der Waals surface area contributed by atoms with Gasteiger partial charge in [-0.05, 0) is 24.6 Å². The summed E-state index contributed by atoms with van der Waals surface area (Å²) in [7, 11) is 0. The molecule has 2 unspecified atom stereocenters. The molecular formula is C17H21ClN2O. The summed E-state index contributed by atoms with van der Waals surface area (Å²) in [6.07, 6.45) is 3.20. The van der Waals surface area contributed by atoms with Gasteiger partial charge in [-0.2, -0.15) is 0 Å². The van der Waals surface area contributed by atoms with Crippen molar-refractivity contribution in [1.29, 1.82) is 0 Å². The predicted molar refractivity (Wildman–Crippen MR) is 86.4 cm³/mol.